The highest BCUT2D eigenvalue weighted by Crippen LogP contribution is 2.34. The predicted molar refractivity (Wildman–Crippen MR) is 61.0 cm³/mol. The van der Waals surface area contributed by atoms with Crippen molar-refractivity contribution >= 4 is 23.1 Å². The van der Waals surface area contributed by atoms with Crippen molar-refractivity contribution < 1.29 is 9.84 Å². The lowest BCUT2D eigenvalue weighted by Gasteiger charge is -2.08. The van der Waals surface area contributed by atoms with Crippen molar-refractivity contribution in [2.24, 2.45) is 0 Å². The van der Waals surface area contributed by atoms with Gasteiger partial charge < -0.3 is 9.84 Å². The molecule has 1 aliphatic heterocycles. The van der Waals surface area contributed by atoms with Gasteiger partial charge in [-0.25, -0.2) is 0 Å². The van der Waals surface area contributed by atoms with Gasteiger partial charge in [0.25, 0.3) is 0 Å². The van der Waals surface area contributed by atoms with Crippen molar-refractivity contribution in [3.05, 3.63) is 21.4 Å². The van der Waals surface area contributed by atoms with E-state index < -0.39 is 6.10 Å². The Hall–Kier alpha value is -0.0300. The molecule has 4 heteroatoms. The molecule has 2 nitrogen and oxygen atoms in total. The minimum atomic E-state index is -0.444. The molecule has 1 aliphatic rings. The highest BCUT2D eigenvalue weighted by Gasteiger charge is 2.17. The van der Waals surface area contributed by atoms with E-state index in [-0.39, 0.29) is 0 Å². The predicted octanol–water partition coefficient (Wildman–Crippen LogP) is 2.22. The van der Waals surface area contributed by atoms with Crippen molar-refractivity contribution in [1.82, 2.24) is 0 Å². The van der Waals surface area contributed by atoms with Crippen molar-refractivity contribution in [3.8, 4) is 0 Å². The maximum Gasteiger partial charge on any atom is 0.111 e. The van der Waals surface area contributed by atoms with Gasteiger partial charge in [-0.15, -0.1) is 11.3 Å². The monoisotopic (exact) mass is 230 g/mol. The fourth-order valence-electron chi connectivity index (χ4n) is 1.57. The molecule has 0 aliphatic carbocycles. The average molecular weight is 230 g/mol. The van der Waals surface area contributed by atoms with Crippen LogP contribution in [0, 0.1) is 0 Å². The minimum absolute atomic E-state index is 0.395. The fourth-order valence-corrected chi connectivity index (χ4v) is 3.92. The number of aliphatic hydroxyl groups excluding tert-OH is 1. The second kappa shape index (κ2) is 4.66. The minimum Gasteiger partial charge on any atom is -0.385 e. The van der Waals surface area contributed by atoms with Crippen molar-refractivity contribution in [1.29, 1.82) is 0 Å². The van der Waals surface area contributed by atoms with Crippen molar-refractivity contribution in [3.63, 3.8) is 0 Å². The van der Waals surface area contributed by atoms with Crippen LogP contribution in [0.1, 0.15) is 21.4 Å². The first-order valence-electron chi connectivity index (χ1n) is 4.67. The number of aryl methyl sites for hydroxylation is 1. The molecule has 0 bridgehead atoms. The molecule has 0 saturated heterocycles. The van der Waals surface area contributed by atoms with Crippen LogP contribution in [0.15, 0.2) is 6.07 Å². The molecule has 0 amide bonds. The van der Waals surface area contributed by atoms with Crippen LogP contribution in [-0.2, 0) is 16.9 Å². The number of thiophene rings is 1. The van der Waals surface area contributed by atoms with E-state index in [2.05, 4.69) is 6.07 Å². The number of methoxy groups -OCH3 is 1. The van der Waals surface area contributed by atoms with Crippen LogP contribution in [0.5, 0.6) is 0 Å². The van der Waals surface area contributed by atoms with E-state index >= 15 is 0 Å². The van der Waals surface area contributed by atoms with Crippen LogP contribution >= 0.6 is 23.1 Å². The van der Waals surface area contributed by atoms with Gasteiger partial charge in [-0.2, -0.15) is 11.8 Å². The number of aliphatic hydroxyl groups is 1. The molecular formula is C10H14O2S2. The molecule has 1 aromatic heterocycles. The van der Waals surface area contributed by atoms with Gasteiger partial charge >= 0.3 is 0 Å². The number of ether oxygens (including phenoxy) is 1. The Morgan fingerprint density at radius 2 is 2.50 bits per heavy atom. The topological polar surface area (TPSA) is 29.5 Å². The smallest absolute Gasteiger partial charge is 0.111 e. The van der Waals surface area contributed by atoms with Crippen LogP contribution in [0.3, 0.4) is 0 Å². The largest absolute Gasteiger partial charge is 0.385 e. The summed E-state index contributed by atoms with van der Waals surface area (Å²) in [4.78, 5) is 2.51. The normalized spacial score (nSPS) is 17.9. The summed E-state index contributed by atoms with van der Waals surface area (Å²) >= 11 is 3.71. The van der Waals surface area contributed by atoms with Gasteiger partial charge in [-0.05, 0) is 23.8 Å². The van der Waals surface area contributed by atoms with Crippen molar-refractivity contribution in [2.45, 2.75) is 18.3 Å². The maximum absolute atomic E-state index is 9.75. The van der Waals surface area contributed by atoms with E-state index in [0.717, 1.165) is 17.1 Å². The van der Waals surface area contributed by atoms with Gasteiger partial charge in [0.2, 0.25) is 0 Å². The van der Waals surface area contributed by atoms with Gasteiger partial charge in [-0.3, -0.25) is 0 Å². The van der Waals surface area contributed by atoms with E-state index in [1.54, 1.807) is 18.4 Å². The molecule has 0 radical (unpaired) electrons. The van der Waals surface area contributed by atoms with E-state index in [1.807, 2.05) is 11.8 Å². The fraction of sp³-hybridized carbons (Fsp3) is 0.600. The molecule has 2 heterocycles. The zero-order chi connectivity index (χ0) is 9.97. The lowest BCUT2D eigenvalue weighted by molar-refractivity contribution is 0.0666. The van der Waals surface area contributed by atoms with Gasteiger partial charge in [0.15, 0.2) is 0 Å². The van der Waals surface area contributed by atoms with E-state index in [9.17, 15) is 5.11 Å². The second-order valence-corrected chi connectivity index (χ2v) is 5.64. The molecule has 0 fully saturated rings. The van der Waals surface area contributed by atoms with Gasteiger partial charge in [0.1, 0.15) is 6.10 Å². The number of thioether (sulfide) groups is 1. The molecule has 1 aromatic rings. The summed E-state index contributed by atoms with van der Waals surface area (Å²) in [5, 5.41) is 9.75. The quantitative estimate of drug-likeness (QED) is 0.863. The van der Waals surface area contributed by atoms with E-state index in [4.69, 9.17) is 4.74 Å². The summed E-state index contributed by atoms with van der Waals surface area (Å²) in [6.45, 7) is 0.395. The van der Waals surface area contributed by atoms with Gasteiger partial charge in [0.05, 0.1) is 6.61 Å². The van der Waals surface area contributed by atoms with Gasteiger partial charge in [0, 0.05) is 22.6 Å². The molecule has 14 heavy (non-hydrogen) atoms. The Balaban J connectivity index is 2.15. The van der Waals surface area contributed by atoms with Crippen LogP contribution in [0.25, 0.3) is 0 Å². The third kappa shape index (κ3) is 2.14. The Bertz CT molecular complexity index is 286. The summed E-state index contributed by atoms with van der Waals surface area (Å²) in [6, 6.07) is 2.13. The molecule has 0 saturated carbocycles. The van der Waals surface area contributed by atoms with Crippen LogP contribution < -0.4 is 0 Å². The zero-order valence-corrected chi connectivity index (χ0v) is 9.79. The highest BCUT2D eigenvalue weighted by atomic mass is 32.2. The second-order valence-electron chi connectivity index (χ2n) is 3.37. The molecule has 78 valence electrons. The first-order chi connectivity index (χ1) is 6.81. The first kappa shape index (κ1) is 10.5. The number of fused-ring (bicyclic) bond motifs is 1. The molecule has 0 spiro atoms. The van der Waals surface area contributed by atoms with Crippen LogP contribution in [0.2, 0.25) is 0 Å². The molecule has 1 unspecified atom stereocenters. The molecular weight excluding hydrogens is 216 g/mol. The Morgan fingerprint density at radius 3 is 3.21 bits per heavy atom. The van der Waals surface area contributed by atoms with E-state index in [0.29, 0.717) is 6.61 Å². The summed E-state index contributed by atoms with van der Waals surface area (Å²) in [5.74, 6) is 2.32. The summed E-state index contributed by atoms with van der Waals surface area (Å²) in [5.41, 5.74) is 1.41. The first-order valence-corrected chi connectivity index (χ1v) is 6.64. The lowest BCUT2D eigenvalue weighted by Crippen LogP contribution is -2.02. The molecule has 1 N–H and O–H groups in total. The number of hydrogen-bond donors (Lipinski definition) is 1. The van der Waals surface area contributed by atoms with E-state index in [1.165, 1.54) is 16.2 Å². The lowest BCUT2D eigenvalue weighted by atomic mass is 10.2. The van der Waals surface area contributed by atoms with Crippen LogP contribution in [0.4, 0.5) is 0 Å². The Morgan fingerprint density at radius 1 is 1.64 bits per heavy atom. The molecule has 0 aromatic carbocycles. The van der Waals surface area contributed by atoms with Crippen molar-refractivity contribution in [2.75, 3.05) is 19.5 Å². The number of hydrogen-bond acceptors (Lipinski definition) is 4. The Kier molecular flexibility index (Phi) is 3.49. The summed E-state index contributed by atoms with van der Waals surface area (Å²) in [6.07, 6.45) is 0.713. The molecule has 1 atom stereocenters. The number of rotatable bonds is 3. The van der Waals surface area contributed by atoms with Crippen LogP contribution in [-0.4, -0.2) is 24.6 Å². The standard InChI is InChI=1S/C10H14O2S2/c1-12-5-8(11)10-4-7-6-13-3-2-9(7)14-10/h4,8,11H,2-3,5-6H2,1H3. The zero-order valence-electron chi connectivity index (χ0n) is 8.16. The third-order valence-corrected chi connectivity index (χ3v) is 4.65. The molecule has 2 rings (SSSR count). The average Bonchev–Trinajstić information content (AvgIpc) is 2.61. The summed E-state index contributed by atoms with van der Waals surface area (Å²) in [7, 11) is 1.62. The van der Waals surface area contributed by atoms with Gasteiger partial charge in [-0.1, -0.05) is 0 Å². The Labute approximate surface area is 92.3 Å². The third-order valence-electron chi connectivity index (χ3n) is 2.30. The summed E-state index contributed by atoms with van der Waals surface area (Å²) < 4.78 is 4.94. The highest BCUT2D eigenvalue weighted by molar-refractivity contribution is 7.98. The SMILES string of the molecule is COCC(O)c1cc2c(s1)CCSC2. The maximum atomic E-state index is 9.75.